The summed E-state index contributed by atoms with van der Waals surface area (Å²) in [7, 11) is 1.61. The maximum absolute atomic E-state index is 10.4. The van der Waals surface area contributed by atoms with Gasteiger partial charge >= 0.3 is 0 Å². The second kappa shape index (κ2) is 6.63. The first-order chi connectivity index (χ1) is 7.70. The van der Waals surface area contributed by atoms with Crippen LogP contribution in [0.4, 0.5) is 0 Å². The molecule has 0 radical (unpaired) electrons. The average molecular weight is 223 g/mol. The molecule has 1 atom stereocenters. The number of ether oxygens (including phenoxy) is 1. The minimum atomic E-state index is -0.796. The summed E-state index contributed by atoms with van der Waals surface area (Å²) in [5, 5.41) is 10.4. The van der Waals surface area contributed by atoms with Crippen LogP contribution < -0.4 is 5.73 Å². The summed E-state index contributed by atoms with van der Waals surface area (Å²) in [4.78, 5) is 0. The van der Waals surface area contributed by atoms with Gasteiger partial charge in [0, 0.05) is 13.5 Å². The van der Waals surface area contributed by atoms with Crippen molar-refractivity contribution in [2.45, 2.75) is 24.9 Å². The number of methoxy groups -OCH3 is 1. The van der Waals surface area contributed by atoms with Crippen LogP contribution in [0.25, 0.3) is 0 Å². The maximum Gasteiger partial charge on any atom is 0.0920 e. The Morgan fingerprint density at radius 3 is 2.56 bits per heavy atom. The SMILES string of the molecule is COCC(O)(CCCN)Cc1ccccc1. The van der Waals surface area contributed by atoms with Crippen molar-refractivity contribution in [3.05, 3.63) is 35.9 Å². The van der Waals surface area contributed by atoms with Crippen molar-refractivity contribution in [1.29, 1.82) is 0 Å². The van der Waals surface area contributed by atoms with Crippen LogP contribution in [0, 0.1) is 0 Å². The van der Waals surface area contributed by atoms with Crippen LogP contribution in [0.3, 0.4) is 0 Å². The predicted molar refractivity (Wildman–Crippen MR) is 65.3 cm³/mol. The van der Waals surface area contributed by atoms with Gasteiger partial charge in [-0.25, -0.2) is 0 Å². The Hall–Kier alpha value is -0.900. The molecule has 16 heavy (non-hydrogen) atoms. The molecule has 0 fully saturated rings. The summed E-state index contributed by atoms with van der Waals surface area (Å²) in [5.41, 5.74) is 5.80. The smallest absolute Gasteiger partial charge is 0.0920 e. The lowest BCUT2D eigenvalue weighted by Gasteiger charge is -2.27. The number of rotatable bonds is 7. The van der Waals surface area contributed by atoms with E-state index in [0.717, 1.165) is 12.0 Å². The van der Waals surface area contributed by atoms with E-state index < -0.39 is 5.60 Å². The van der Waals surface area contributed by atoms with Gasteiger partial charge in [-0.3, -0.25) is 0 Å². The van der Waals surface area contributed by atoms with Crippen molar-refractivity contribution >= 4 is 0 Å². The van der Waals surface area contributed by atoms with Crippen LogP contribution in [-0.2, 0) is 11.2 Å². The van der Waals surface area contributed by atoms with E-state index in [9.17, 15) is 5.11 Å². The van der Waals surface area contributed by atoms with Crippen LogP contribution in [0.15, 0.2) is 30.3 Å². The van der Waals surface area contributed by atoms with Crippen molar-refractivity contribution < 1.29 is 9.84 Å². The van der Waals surface area contributed by atoms with Gasteiger partial charge in [0.25, 0.3) is 0 Å². The zero-order valence-corrected chi connectivity index (χ0v) is 9.86. The zero-order valence-electron chi connectivity index (χ0n) is 9.86. The van der Waals surface area contributed by atoms with Crippen LogP contribution in [0.1, 0.15) is 18.4 Å². The first-order valence-corrected chi connectivity index (χ1v) is 5.65. The van der Waals surface area contributed by atoms with Gasteiger partial charge in [-0.2, -0.15) is 0 Å². The van der Waals surface area contributed by atoms with Gasteiger partial charge in [-0.15, -0.1) is 0 Å². The molecule has 3 heteroatoms. The van der Waals surface area contributed by atoms with Gasteiger partial charge in [0.2, 0.25) is 0 Å². The number of hydrogen-bond acceptors (Lipinski definition) is 3. The molecule has 0 aromatic heterocycles. The highest BCUT2D eigenvalue weighted by Crippen LogP contribution is 2.19. The molecule has 0 aliphatic rings. The standard InChI is InChI=1S/C13H21NO2/c1-16-11-13(15,8-5-9-14)10-12-6-3-2-4-7-12/h2-4,6-7,15H,5,8-11,14H2,1H3. The fourth-order valence-corrected chi connectivity index (χ4v) is 1.89. The van der Waals surface area contributed by atoms with Crippen LogP contribution in [-0.4, -0.2) is 31.0 Å². The first-order valence-electron chi connectivity index (χ1n) is 5.65. The lowest BCUT2D eigenvalue weighted by Crippen LogP contribution is -2.37. The Labute approximate surface area is 97.2 Å². The van der Waals surface area contributed by atoms with Crippen molar-refractivity contribution in [1.82, 2.24) is 0 Å². The molecule has 0 saturated carbocycles. The van der Waals surface area contributed by atoms with Crippen molar-refractivity contribution in [2.75, 3.05) is 20.3 Å². The zero-order chi connectivity index (χ0) is 11.9. The molecule has 1 rings (SSSR count). The molecule has 0 saturated heterocycles. The maximum atomic E-state index is 10.4. The van der Waals surface area contributed by atoms with Gasteiger partial charge in [-0.05, 0) is 24.9 Å². The molecule has 1 unspecified atom stereocenters. The van der Waals surface area contributed by atoms with Gasteiger partial charge in [-0.1, -0.05) is 30.3 Å². The Morgan fingerprint density at radius 2 is 2.00 bits per heavy atom. The number of aliphatic hydroxyl groups is 1. The molecule has 0 aliphatic heterocycles. The van der Waals surface area contributed by atoms with Crippen molar-refractivity contribution in [2.24, 2.45) is 5.73 Å². The molecule has 3 N–H and O–H groups in total. The molecule has 1 aromatic rings. The fourth-order valence-electron chi connectivity index (χ4n) is 1.89. The molecule has 3 nitrogen and oxygen atoms in total. The molecule has 0 aliphatic carbocycles. The van der Waals surface area contributed by atoms with E-state index in [1.807, 2.05) is 30.3 Å². The lowest BCUT2D eigenvalue weighted by molar-refractivity contribution is -0.0375. The third-order valence-electron chi connectivity index (χ3n) is 2.64. The van der Waals surface area contributed by atoms with Crippen molar-refractivity contribution in [3.8, 4) is 0 Å². The average Bonchev–Trinajstić information content (AvgIpc) is 2.28. The van der Waals surface area contributed by atoms with E-state index in [2.05, 4.69) is 0 Å². The van der Waals surface area contributed by atoms with Gasteiger partial charge < -0.3 is 15.6 Å². The summed E-state index contributed by atoms with van der Waals surface area (Å²) >= 11 is 0. The van der Waals surface area contributed by atoms with E-state index in [-0.39, 0.29) is 0 Å². The Balaban J connectivity index is 2.62. The van der Waals surface area contributed by atoms with Crippen LogP contribution >= 0.6 is 0 Å². The highest BCUT2D eigenvalue weighted by molar-refractivity contribution is 5.17. The van der Waals surface area contributed by atoms with E-state index in [4.69, 9.17) is 10.5 Å². The van der Waals surface area contributed by atoms with Crippen LogP contribution in [0.2, 0.25) is 0 Å². The quantitative estimate of drug-likeness (QED) is 0.733. The fraction of sp³-hybridized carbons (Fsp3) is 0.538. The molecule has 90 valence electrons. The molecule has 0 spiro atoms. The molecular formula is C13H21NO2. The molecular weight excluding hydrogens is 202 g/mol. The van der Waals surface area contributed by atoms with E-state index in [1.165, 1.54) is 0 Å². The minimum Gasteiger partial charge on any atom is -0.387 e. The topological polar surface area (TPSA) is 55.5 Å². The largest absolute Gasteiger partial charge is 0.387 e. The number of nitrogens with two attached hydrogens (primary N) is 1. The Kier molecular flexibility index (Phi) is 5.46. The Morgan fingerprint density at radius 1 is 1.31 bits per heavy atom. The van der Waals surface area contributed by atoms with Gasteiger partial charge in [0.05, 0.1) is 12.2 Å². The second-order valence-corrected chi connectivity index (χ2v) is 4.21. The van der Waals surface area contributed by atoms with E-state index in [1.54, 1.807) is 7.11 Å². The summed E-state index contributed by atoms with van der Waals surface area (Å²) in [6.45, 7) is 0.947. The summed E-state index contributed by atoms with van der Waals surface area (Å²) in [5.74, 6) is 0. The normalized spacial score (nSPS) is 14.7. The third kappa shape index (κ3) is 4.31. The summed E-state index contributed by atoms with van der Waals surface area (Å²) in [6, 6.07) is 9.96. The van der Waals surface area contributed by atoms with Gasteiger partial charge in [0.1, 0.15) is 0 Å². The van der Waals surface area contributed by atoms with E-state index >= 15 is 0 Å². The molecule has 0 heterocycles. The van der Waals surface area contributed by atoms with Crippen LogP contribution in [0.5, 0.6) is 0 Å². The Bertz CT molecular complexity index is 289. The van der Waals surface area contributed by atoms with Crippen molar-refractivity contribution in [3.63, 3.8) is 0 Å². The summed E-state index contributed by atoms with van der Waals surface area (Å²) < 4.78 is 5.09. The third-order valence-corrected chi connectivity index (χ3v) is 2.64. The highest BCUT2D eigenvalue weighted by Gasteiger charge is 2.26. The monoisotopic (exact) mass is 223 g/mol. The molecule has 0 bridgehead atoms. The summed E-state index contributed by atoms with van der Waals surface area (Å²) in [6.07, 6.45) is 2.10. The first kappa shape index (κ1) is 13.2. The minimum absolute atomic E-state index is 0.349. The number of benzene rings is 1. The number of hydrogen-bond donors (Lipinski definition) is 2. The lowest BCUT2D eigenvalue weighted by atomic mass is 9.90. The van der Waals surface area contributed by atoms with Gasteiger partial charge in [0.15, 0.2) is 0 Å². The van der Waals surface area contributed by atoms with E-state index in [0.29, 0.717) is 26.0 Å². The highest BCUT2D eigenvalue weighted by atomic mass is 16.5. The molecule has 0 amide bonds. The second-order valence-electron chi connectivity index (χ2n) is 4.21. The predicted octanol–water partition coefficient (Wildman–Crippen LogP) is 1.35. The molecule has 1 aromatic carbocycles.